The van der Waals surface area contributed by atoms with Gasteiger partial charge in [-0.1, -0.05) is 48.9 Å². The Morgan fingerprint density at radius 3 is 2.56 bits per heavy atom. The Labute approximate surface area is 197 Å². The maximum atomic E-state index is 11.0. The van der Waals surface area contributed by atoms with Gasteiger partial charge in [0.15, 0.2) is 0 Å². The summed E-state index contributed by atoms with van der Waals surface area (Å²) in [5.41, 5.74) is 11.3. The predicted octanol–water partition coefficient (Wildman–Crippen LogP) is 3.88. The molecule has 34 heavy (non-hydrogen) atoms. The molecule has 0 spiro atoms. The lowest BCUT2D eigenvalue weighted by Gasteiger charge is -2.23. The molecular formula is C25H27N7O2. The summed E-state index contributed by atoms with van der Waals surface area (Å²) in [6.45, 7) is 6.44. The van der Waals surface area contributed by atoms with E-state index in [0.717, 1.165) is 28.2 Å². The zero-order valence-electron chi connectivity index (χ0n) is 19.4. The number of carbonyl (C=O) groups is 1. The van der Waals surface area contributed by atoms with Crippen LogP contribution in [-0.4, -0.2) is 41.0 Å². The molecule has 0 aliphatic heterocycles. The van der Waals surface area contributed by atoms with Crippen molar-refractivity contribution in [3.63, 3.8) is 0 Å². The number of nitrogen functional groups attached to an aromatic ring is 1. The van der Waals surface area contributed by atoms with E-state index < -0.39 is 5.97 Å². The van der Waals surface area contributed by atoms with Gasteiger partial charge in [0.25, 0.3) is 0 Å². The van der Waals surface area contributed by atoms with Crippen LogP contribution < -0.4 is 5.73 Å². The van der Waals surface area contributed by atoms with Gasteiger partial charge in [-0.2, -0.15) is 0 Å². The van der Waals surface area contributed by atoms with Gasteiger partial charge < -0.3 is 10.8 Å². The SMILES string of the molecule is Cc1cccc(-c2cc(-c3cn(Cc4cccc(C(C)(C)CCC(=O)O)n4)nn3)nc(N)n2)c1. The van der Waals surface area contributed by atoms with Crippen LogP contribution in [0, 0.1) is 6.92 Å². The average molecular weight is 458 g/mol. The monoisotopic (exact) mass is 457 g/mol. The largest absolute Gasteiger partial charge is 0.481 e. The summed E-state index contributed by atoms with van der Waals surface area (Å²) in [6, 6.07) is 15.6. The number of pyridine rings is 1. The number of aryl methyl sites for hydroxylation is 1. The lowest BCUT2D eigenvalue weighted by Crippen LogP contribution is -2.21. The molecule has 0 saturated heterocycles. The first-order valence-electron chi connectivity index (χ1n) is 11.0. The van der Waals surface area contributed by atoms with E-state index in [0.29, 0.717) is 24.4 Å². The number of aliphatic carboxylic acids is 1. The highest BCUT2D eigenvalue weighted by Crippen LogP contribution is 2.27. The first-order chi connectivity index (χ1) is 16.2. The minimum absolute atomic E-state index is 0.0952. The van der Waals surface area contributed by atoms with Crippen LogP contribution in [0.3, 0.4) is 0 Å². The fourth-order valence-corrected chi connectivity index (χ4v) is 3.70. The topological polar surface area (TPSA) is 133 Å². The van der Waals surface area contributed by atoms with Crippen LogP contribution in [0.2, 0.25) is 0 Å². The molecule has 0 bridgehead atoms. The van der Waals surface area contributed by atoms with Crippen molar-refractivity contribution in [2.75, 3.05) is 5.73 Å². The van der Waals surface area contributed by atoms with E-state index >= 15 is 0 Å². The second-order valence-electron chi connectivity index (χ2n) is 8.96. The highest BCUT2D eigenvalue weighted by Gasteiger charge is 2.23. The van der Waals surface area contributed by atoms with Crippen molar-refractivity contribution >= 4 is 11.9 Å². The zero-order valence-corrected chi connectivity index (χ0v) is 19.4. The molecule has 4 aromatic rings. The van der Waals surface area contributed by atoms with E-state index in [2.05, 4.69) is 20.3 Å². The highest BCUT2D eigenvalue weighted by molar-refractivity contribution is 5.67. The normalized spacial score (nSPS) is 11.5. The van der Waals surface area contributed by atoms with Crippen molar-refractivity contribution in [2.24, 2.45) is 0 Å². The molecule has 3 N–H and O–H groups in total. The number of benzene rings is 1. The molecule has 3 heterocycles. The average Bonchev–Trinajstić information content (AvgIpc) is 3.26. The number of carboxylic acids is 1. The van der Waals surface area contributed by atoms with Crippen molar-refractivity contribution in [3.05, 3.63) is 71.7 Å². The zero-order chi connectivity index (χ0) is 24.3. The Kier molecular flexibility index (Phi) is 6.36. The Morgan fingerprint density at radius 1 is 1.03 bits per heavy atom. The summed E-state index contributed by atoms with van der Waals surface area (Å²) in [5, 5.41) is 17.5. The maximum absolute atomic E-state index is 11.0. The van der Waals surface area contributed by atoms with Crippen molar-refractivity contribution in [1.82, 2.24) is 29.9 Å². The number of aromatic nitrogens is 6. The van der Waals surface area contributed by atoms with Crippen LogP contribution in [0.1, 0.15) is 43.6 Å². The second kappa shape index (κ2) is 9.38. The van der Waals surface area contributed by atoms with E-state index in [1.807, 2.05) is 69.3 Å². The third-order valence-electron chi connectivity index (χ3n) is 5.65. The van der Waals surface area contributed by atoms with Crippen LogP contribution in [0.15, 0.2) is 54.7 Å². The Morgan fingerprint density at radius 2 is 1.79 bits per heavy atom. The number of carboxylic acid groups (broad SMARTS) is 1. The molecule has 0 aliphatic rings. The molecule has 1 aromatic carbocycles. The van der Waals surface area contributed by atoms with Gasteiger partial charge in [0.2, 0.25) is 5.95 Å². The maximum Gasteiger partial charge on any atom is 0.303 e. The van der Waals surface area contributed by atoms with E-state index in [1.54, 1.807) is 10.9 Å². The molecule has 0 amide bonds. The summed E-state index contributed by atoms with van der Waals surface area (Å²) in [4.78, 5) is 24.4. The molecule has 0 radical (unpaired) electrons. The number of anilines is 1. The molecule has 9 nitrogen and oxygen atoms in total. The van der Waals surface area contributed by atoms with Crippen LogP contribution in [0.5, 0.6) is 0 Å². The van der Waals surface area contributed by atoms with Crippen molar-refractivity contribution < 1.29 is 9.90 Å². The Hall–Kier alpha value is -4.14. The molecule has 4 rings (SSSR count). The second-order valence-corrected chi connectivity index (χ2v) is 8.96. The fraction of sp³-hybridized carbons (Fsp3) is 0.280. The van der Waals surface area contributed by atoms with Crippen LogP contribution >= 0.6 is 0 Å². The van der Waals surface area contributed by atoms with Gasteiger partial charge in [0, 0.05) is 23.1 Å². The quantitative estimate of drug-likeness (QED) is 0.407. The number of hydrogen-bond acceptors (Lipinski definition) is 7. The fourth-order valence-electron chi connectivity index (χ4n) is 3.70. The van der Waals surface area contributed by atoms with Gasteiger partial charge in [-0.25, -0.2) is 14.6 Å². The minimum Gasteiger partial charge on any atom is -0.481 e. The summed E-state index contributed by atoms with van der Waals surface area (Å²) >= 11 is 0. The minimum atomic E-state index is -0.810. The molecule has 0 atom stereocenters. The number of rotatable bonds is 8. The van der Waals surface area contributed by atoms with Gasteiger partial charge in [-0.15, -0.1) is 5.10 Å². The van der Waals surface area contributed by atoms with Crippen LogP contribution in [0.4, 0.5) is 5.95 Å². The molecule has 0 aliphatic carbocycles. The lowest BCUT2D eigenvalue weighted by atomic mass is 9.84. The first-order valence-corrected chi connectivity index (χ1v) is 11.0. The van der Waals surface area contributed by atoms with Crippen LogP contribution in [0.25, 0.3) is 22.6 Å². The van der Waals surface area contributed by atoms with Gasteiger partial charge in [0.1, 0.15) is 5.69 Å². The van der Waals surface area contributed by atoms with Gasteiger partial charge in [-0.3, -0.25) is 9.78 Å². The molecule has 174 valence electrons. The number of hydrogen-bond donors (Lipinski definition) is 2. The smallest absolute Gasteiger partial charge is 0.303 e. The van der Waals surface area contributed by atoms with Gasteiger partial charge in [0.05, 0.1) is 29.8 Å². The molecule has 3 aromatic heterocycles. The van der Waals surface area contributed by atoms with Gasteiger partial charge >= 0.3 is 5.97 Å². The molecule has 0 unspecified atom stereocenters. The van der Waals surface area contributed by atoms with E-state index in [1.165, 1.54) is 0 Å². The van der Waals surface area contributed by atoms with Crippen molar-refractivity contribution in [2.45, 2.75) is 45.6 Å². The van der Waals surface area contributed by atoms with E-state index in [-0.39, 0.29) is 17.8 Å². The van der Waals surface area contributed by atoms with E-state index in [4.69, 9.17) is 15.8 Å². The standard InChI is InChI=1S/C25H27N7O2/c1-16-6-4-7-17(12-16)19-13-20(29-24(26)28-19)21-15-32(31-30-21)14-18-8-5-9-22(27-18)25(2,3)11-10-23(33)34/h4-9,12-13,15H,10-11,14H2,1-3H3,(H,33,34)(H2,26,28,29). The Balaban J connectivity index is 1.55. The lowest BCUT2D eigenvalue weighted by molar-refractivity contribution is -0.137. The molecular weight excluding hydrogens is 430 g/mol. The third kappa shape index (κ3) is 5.43. The highest BCUT2D eigenvalue weighted by atomic mass is 16.4. The number of nitrogens with zero attached hydrogens (tertiary/aromatic N) is 6. The van der Waals surface area contributed by atoms with Crippen molar-refractivity contribution in [1.29, 1.82) is 0 Å². The van der Waals surface area contributed by atoms with Crippen LogP contribution in [-0.2, 0) is 16.8 Å². The Bertz CT molecular complexity index is 1330. The molecule has 0 fully saturated rings. The summed E-state index contributed by atoms with van der Waals surface area (Å²) in [5.74, 6) is -0.642. The van der Waals surface area contributed by atoms with Gasteiger partial charge in [-0.05, 0) is 37.6 Å². The predicted molar refractivity (Wildman–Crippen MR) is 129 cm³/mol. The van der Waals surface area contributed by atoms with Crippen molar-refractivity contribution in [3.8, 4) is 22.6 Å². The third-order valence-corrected chi connectivity index (χ3v) is 5.65. The molecule has 9 heteroatoms. The summed E-state index contributed by atoms with van der Waals surface area (Å²) in [6.07, 6.45) is 2.40. The first kappa shape index (κ1) is 23.0. The van der Waals surface area contributed by atoms with E-state index in [9.17, 15) is 4.79 Å². The summed E-state index contributed by atoms with van der Waals surface area (Å²) in [7, 11) is 0. The molecule has 0 saturated carbocycles. The summed E-state index contributed by atoms with van der Waals surface area (Å²) < 4.78 is 1.69. The number of nitrogens with two attached hydrogens (primary N) is 1.